The Morgan fingerprint density at radius 1 is 1.42 bits per heavy atom. The standard InChI is InChI=1S/C9H16N2O/c10-6-8-4-5-11(8)9(12)7-2-1-3-7/h7-8H,1-6,10H2. The molecule has 1 aliphatic heterocycles. The Labute approximate surface area is 72.9 Å². The van der Waals surface area contributed by atoms with Crippen LogP contribution in [0.3, 0.4) is 0 Å². The van der Waals surface area contributed by atoms with Crippen LogP contribution in [0.2, 0.25) is 0 Å². The van der Waals surface area contributed by atoms with Gasteiger partial charge >= 0.3 is 0 Å². The number of carbonyl (C=O) groups is 1. The summed E-state index contributed by atoms with van der Waals surface area (Å²) in [6.45, 7) is 1.58. The Morgan fingerprint density at radius 2 is 2.17 bits per heavy atom. The third kappa shape index (κ3) is 1.12. The molecule has 3 heteroatoms. The fourth-order valence-corrected chi connectivity index (χ4v) is 1.87. The van der Waals surface area contributed by atoms with Gasteiger partial charge in [0.15, 0.2) is 0 Å². The van der Waals surface area contributed by atoms with Gasteiger partial charge in [0.1, 0.15) is 0 Å². The van der Waals surface area contributed by atoms with E-state index >= 15 is 0 Å². The lowest BCUT2D eigenvalue weighted by atomic mass is 9.83. The van der Waals surface area contributed by atoms with Crippen molar-refractivity contribution in [3.63, 3.8) is 0 Å². The Morgan fingerprint density at radius 3 is 2.50 bits per heavy atom. The second kappa shape index (κ2) is 3.05. The molecule has 12 heavy (non-hydrogen) atoms. The van der Waals surface area contributed by atoms with E-state index in [1.165, 1.54) is 6.42 Å². The first-order valence-corrected chi connectivity index (χ1v) is 4.83. The van der Waals surface area contributed by atoms with E-state index in [0.29, 0.717) is 24.4 Å². The Balaban J connectivity index is 1.86. The highest BCUT2D eigenvalue weighted by molar-refractivity contribution is 5.80. The lowest BCUT2D eigenvalue weighted by molar-refractivity contribution is -0.145. The maximum Gasteiger partial charge on any atom is 0.225 e. The zero-order valence-electron chi connectivity index (χ0n) is 7.33. The predicted molar refractivity (Wildman–Crippen MR) is 46.5 cm³/mol. The van der Waals surface area contributed by atoms with Crippen molar-refractivity contribution in [2.24, 2.45) is 11.7 Å². The van der Waals surface area contributed by atoms with Gasteiger partial charge in [-0.3, -0.25) is 4.79 Å². The molecule has 2 N–H and O–H groups in total. The summed E-state index contributed by atoms with van der Waals surface area (Å²) in [5, 5.41) is 0. The van der Waals surface area contributed by atoms with Crippen molar-refractivity contribution < 1.29 is 4.79 Å². The first-order chi connectivity index (χ1) is 5.83. The lowest BCUT2D eigenvalue weighted by Crippen LogP contribution is -2.56. The highest BCUT2D eigenvalue weighted by Gasteiger charge is 2.36. The van der Waals surface area contributed by atoms with E-state index < -0.39 is 0 Å². The molecule has 1 heterocycles. The molecule has 1 aliphatic carbocycles. The summed E-state index contributed by atoms with van der Waals surface area (Å²) in [4.78, 5) is 13.6. The molecule has 3 nitrogen and oxygen atoms in total. The molecule has 0 bridgehead atoms. The largest absolute Gasteiger partial charge is 0.338 e. The zero-order valence-corrected chi connectivity index (χ0v) is 7.33. The molecule has 68 valence electrons. The first-order valence-electron chi connectivity index (χ1n) is 4.83. The number of nitrogens with zero attached hydrogens (tertiary/aromatic N) is 1. The van der Waals surface area contributed by atoms with Gasteiger partial charge in [-0.05, 0) is 19.3 Å². The van der Waals surface area contributed by atoms with E-state index in [4.69, 9.17) is 5.73 Å². The molecule has 0 aromatic carbocycles. The number of hydrogen-bond donors (Lipinski definition) is 1. The highest BCUT2D eigenvalue weighted by Crippen LogP contribution is 2.31. The van der Waals surface area contributed by atoms with Crippen LogP contribution in [0.25, 0.3) is 0 Å². The van der Waals surface area contributed by atoms with Crippen molar-refractivity contribution in [3.8, 4) is 0 Å². The van der Waals surface area contributed by atoms with Crippen molar-refractivity contribution in [1.29, 1.82) is 0 Å². The minimum absolute atomic E-state index is 0.347. The number of likely N-dealkylation sites (tertiary alicyclic amines) is 1. The number of hydrogen-bond acceptors (Lipinski definition) is 2. The number of nitrogens with two attached hydrogens (primary N) is 1. The monoisotopic (exact) mass is 168 g/mol. The maximum atomic E-state index is 11.6. The molecule has 1 unspecified atom stereocenters. The molecule has 2 rings (SSSR count). The topological polar surface area (TPSA) is 46.3 Å². The minimum Gasteiger partial charge on any atom is -0.338 e. The van der Waals surface area contributed by atoms with E-state index in [0.717, 1.165) is 25.8 Å². The molecule has 0 aromatic heterocycles. The number of carbonyl (C=O) groups excluding carboxylic acids is 1. The summed E-state index contributed by atoms with van der Waals surface area (Å²) in [6.07, 6.45) is 4.55. The van der Waals surface area contributed by atoms with Crippen molar-refractivity contribution in [2.45, 2.75) is 31.7 Å². The second-order valence-corrected chi connectivity index (χ2v) is 3.84. The summed E-state index contributed by atoms with van der Waals surface area (Å²) < 4.78 is 0. The third-order valence-electron chi connectivity index (χ3n) is 3.15. The van der Waals surface area contributed by atoms with Crippen LogP contribution in [0.1, 0.15) is 25.7 Å². The van der Waals surface area contributed by atoms with E-state index in [1.807, 2.05) is 4.90 Å². The minimum atomic E-state index is 0.347. The van der Waals surface area contributed by atoms with Crippen LogP contribution in [-0.4, -0.2) is 29.9 Å². The van der Waals surface area contributed by atoms with Gasteiger partial charge < -0.3 is 10.6 Å². The van der Waals surface area contributed by atoms with Gasteiger partial charge in [-0.15, -0.1) is 0 Å². The van der Waals surface area contributed by atoms with Crippen LogP contribution in [0.5, 0.6) is 0 Å². The molecule has 1 saturated heterocycles. The fraction of sp³-hybridized carbons (Fsp3) is 0.889. The summed E-state index contributed by atoms with van der Waals surface area (Å²) in [7, 11) is 0. The molecule has 0 spiro atoms. The smallest absolute Gasteiger partial charge is 0.225 e. The van der Waals surface area contributed by atoms with Crippen LogP contribution in [0, 0.1) is 5.92 Å². The van der Waals surface area contributed by atoms with Crippen molar-refractivity contribution in [1.82, 2.24) is 4.90 Å². The summed E-state index contributed by atoms with van der Waals surface area (Å²) in [5.74, 6) is 0.710. The molecular weight excluding hydrogens is 152 g/mol. The highest BCUT2D eigenvalue weighted by atomic mass is 16.2. The normalized spacial score (nSPS) is 29.4. The van der Waals surface area contributed by atoms with E-state index in [1.54, 1.807) is 0 Å². The van der Waals surface area contributed by atoms with E-state index in [-0.39, 0.29) is 0 Å². The Kier molecular flexibility index (Phi) is 2.05. The molecule has 1 atom stereocenters. The lowest BCUT2D eigenvalue weighted by Gasteiger charge is -2.43. The molecule has 0 radical (unpaired) electrons. The van der Waals surface area contributed by atoms with Crippen LogP contribution in [0.15, 0.2) is 0 Å². The van der Waals surface area contributed by atoms with Crippen LogP contribution in [0.4, 0.5) is 0 Å². The first kappa shape index (κ1) is 8.05. The van der Waals surface area contributed by atoms with Crippen molar-refractivity contribution in [3.05, 3.63) is 0 Å². The SMILES string of the molecule is NCC1CCN1C(=O)C1CCC1. The summed E-state index contributed by atoms with van der Waals surface area (Å²) in [6, 6.07) is 0.359. The quantitative estimate of drug-likeness (QED) is 0.646. The average molecular weight is 168 g/mol. The third-order valence-corrected chi connectivity index (χ3v) is 3.15. The number of rotatable bonds is 2. The Bertz CT molecular complexity index is 187. The maximum absolute atomic E-state index is 11.6. The van der Waals surface area contributed by atoms with Gasteiger partial charge in [0.25, 0.3) is 0 Å². The number of amides is 1. The van der Waals surface area contributed by atoms with E-state index in [2.05, 4.69) is 0 Å². The van der Waals surface area contributed by atoms with Crippen molar-refractivity contribution in [2.75, 3.05) is 13.1 Å². The fourth-order valence-electron chi connectivity index (χ4n) is 1.87. The van der Waals surface area contributed by atoms with Gasteiger partial charge in [-0.25, -0.2) is 0 Å². The van der Waals surface area contributed by atoms with Crippen LogP contribution in [-0.2, 0) is 4.79 Å². The van der Waals surface area contributed by atoms with Gasteiger partial charge in [-0.1, -0.05) is 6.42 Å². The average Bonchev–Trinajstić information content (AvgIpc) is 1.80. The van der Waals surface area contributed by atoms with Gasteiger partial charge in [-0.2, -0.15) is 0 Å². The molecule has 2 fully saturated rings. The van der Waals surface area contributed by atoms with Crippen LogP contribution < -0.4 is 5.73 Å². The van der Waals surface area contributed by atoms with Gasteiger partial charge in [0.2, 0.25) is 5.91 Å². The molecule has 2 aliphatic rings. The van der Waals surface area contributed by atoms with E-state index in [9.17, 15) is 4.79 Å². The molecular formula is C9H16N2O. The van der Waals surface area contributed by atoms with Crippen LogP contribution >= 0.6 is 0 Å². The second-order valence-electron chi connectivity index (χ2n) is 3.84. The van der Waals surface area contributed by atoms with Gasteiger partial charge in [0, 0.05) is 25.0 Å². The molecule has 1 saturated carbocycles. The summed E-state index contributed by atoms with van der Waals surface area (Å²) >= 11 is 0. The predicted octanol–water partition coefficient (Wildman–Crippen LogP) is 0.346. The Hall–Kier alpha value is -0.570. The molecule has 1 amide bonds. The van der Waals surface area contributed by atoms with Gasteiger partial charge in [0.05, 0.1) is 0 Å². The molecule has 0 aromatic rings. The van der Waals surface area contributed by atoms with Crippen molar-refractivity contribution >= 4 is 5.91 Å². The summed E-state index contributed by atoms with van der Waals surface area (Å²) in [5.41, 5.74) is 5.53. The zero-order chi connectivity index (χ0) is 8.55.